The van der Waals surface area contributed by atoms with Gasteiger partial charge in [0.25, 0.3) is 0 Å². The van der Waals surface area contributed by atoms with E-state index in [0.29, 0.717) is 0 Å². The number of carbonyl (C=O) groups is 2. The van der Waals surface area contributed by atoms with Crippen LogP contribution in [0.15, 0.2) is 12.4 Å². The number of rotatable bonds is 7. The molecule has 22 heavy (non-hydrogen) atoms. The van der Waals surface area contributed by atoms with E-state index in [1.165, 1.54) is 0 Å². The maximum atomic E-state index is 13.5. The van der Waals surface area contributed by atoms with E-state index in [1.54, 1.807) is 0 Å². The van der Waals surface area contributed by atoms with E-state index in [2.05, 4.69) is 28.7 Å². The highest BCUT2D eigenvalue weighted by Gasteiger charge is 2.51. The van der Waals surface area contributed by atoms with Crippen molar-refractivity contribution in [2.24, 2.45) is 0 Å². The number of alkyl halides is 4. The second-order valence-electron chi connectivity index (χ2n) is 3.57. The Bertz CT molecular complexity index is 397. The standard InChI is InChI=1S/C10H11F5O4S.CH4O/c1-3-6(19-7(16)5(2)11)10(14,15)8(17)18-4-9(12,13)20;1-2/h6,20H,2-4H2,1H3;2H,1H3. The van der Waals surface area contributed by atoms with Crippen LogP contribution in [-0.4, -0.2) is 48.0 Å². The average molecular weight is 354 g/mol. The molecule has 1 unspecified atom stereocenters. The lowest BCUT2D eigenvalue weighted by Gasteiger charge is -2.24. The van der Waals surface area contributed by atoms with Crippen LogP contribution in [0.1, 0.15) is 13.3 Å². The van der Waals surface area contributed by atoms with Gasteiger partial charge in [0.1, 0.15) is 0 Å². The average Bonchev–Trinajstić information content (AvgIpc) is 2.42. The van der Waals surface area contributed by atoms with Gasteiger partial charge in [-0.15, -0.1) is 12.6 Å². The molecule has 11 heteroatoms. The Hall–Kier alpha value is -1.36. The third kappa shape index (κ3) is 8.17. The first-order chi connectivity index (χ1) is 9.91. The van der Waals surface area contributed by atoms with Crippen LogP contribution in [0.3, 0.4) is 0 Å². The molecule has 0 saturated heterocycles. The molecule has 0 heterocycles. The van der Waals surface area contributed by atoms with E-state index >= 15 is 0 Å². The summed E-state index contributed by atoms with van der Waals surface area (Å²) >= 11 is 2.68. The summed E-state index contributed by atoms with van der Waals surface area (Å²) in [5.74, 6) is -10.2. The first-order valence-corrected chi connectivity index (χ1v) is 6.01. The zero-order valence-electron chi connectivity index (χ0n) is 11.6. The van der Waals surface area contributed by atoms with Gasteiger partial charge in [0.05, 0.1) is 0 Å². The minimum absolute atomic E-state index is 0.585. The van der Waals surface area contributed by atoms with E-state index in [-0.39, 0.29) is 0 Å². The van der Waals surface area contributed by atoms with Gasteiger partial charge in [0.15, 0.2) is 12.7 Å². The number of carbonyl (C=O) groups excluding carboxylic acids is 2. The molecule has 0 fully saturated rings. The van der Waals surface area contributed by atoms with Gasteiger partial charge in [0, 0.05) is 7.11 Å². The largest absolute Gasteiger partial charge is 0.454 e. The van der Waals surface area contributed by atoms with Crippen molar-refractivity contribution in [3.63, 3.8) is 0 Å². The molecule has 0 aromatic carbocycles. The van der Waals surface area contributed by atoms with Crippen LogP contribution in [0.4, 0.5) is 22.0 Å². The number of halogens is 5. The lowest BCUT2D eigenvalue weighted by Crippen LogP contribution is -2.45. The zero-order chi connectivity index (χ0) is 18.1. The number of ether oxygens (including phenoxy) is 2. The first-order valence-electron chi connectivity index (χ1n) is 5.57. The molecule has 0 aliphatic heterocycles. The molecule has 0 radical (unpaired) electrons. The summed E-state index contributed by atoms with van der Waals surface area (Å²) < 4.78 is 71.6. The van der Waals surface area contributed by atoms with Gasteiger partial charge in [-0.05, 0) is 6.42 Å². The lowest BCUT2D eigenvalue weighted by atomic mass is 10.1. The molecular formula is C11H15F5O5S. The number of hydrogen-bond donors (Lipinski definition) is 2. The van der Waals surface area contributed by atoms with Gasteiger partial charge in [-0.25, -0.2) is 9.59 Å². The van der Waals surface area contributed by atoms with Crippen LogP contribution in [0.25, 0.3) is 0 Å². The predicted octanol–water partition coefficient (Wildman–Crippen LogP) is 2.10. The Morgan fingerprint density at radius 3 is 2.05 bits per heavy atom. The summed E-state index contributed by atoms with van der Waals surface area (Å²) in [4.78, 5) is 21.8. The number of esters is 2. The van der Waals surface area contributed by atoms with Crippen LogP contribution >= 0.6 is 12.6 Å². The Kier molecular flexibility index (Phi) is 10.0. The Balaban J connectivity index is 0. The van der Waals surface area contributed by atoms with Gasteiger partial charge >= 0.3 is 23.1 Å². The maximum Gasteiger partial charge on any atom is 0.381 e. The van der Waals surface area contributed by atoms with Gasteiger partial charge in [-0.2, -0.15) is 22.0 Å². The summed E-state index contributed by atoms with van der Waals surface area (Å²) in [6, 6.07) is 0. The van der Waals surface area contributed by atoms with E-state index in [0.717, 1.165) is 14.0 Å². The molecule has 0 spiro atoms. The summed E-state index contributed by atoms with van der Waals surface area (Å²) in [6.07, 6.45) is -2.96. The van der Waals surface area contributed by atoms with Crippen LogP contribution in [0.5, 0.6) is 0 Å². The monoisotopic (exact) mass is 354 g/mol. The molecule has 5 nitrogen and oxygen atoms in total. The van der Waals surface area contributed by atoms with Crippen molar-refractivity contribution >= 4 is 24.6 Å². The van der Waals surface area contributed by atoms with Crippen molar-refractivity contribution in [2.75, 3.05) is 13.7 Å². The molecule has 0 aromatic heterocycles. The highest BCUT2D eigenvalue weighted by Crippen LogP contribution is 2.28. The van der Waals surface area contributed by atoms with E-state index in [1.807, 2.05) is 0 Å². The summed E-state index contributed by atoms with van der Waals surface area (Å²) in [7, 11) is 1.00. The highest BCUT2D eigenvalue weighted by atomic mass is 32.1. The zero-order valence-corrected chi connectivity index (χ0v) is 12.5. The molecule has 0 rings (SSSR count). The number of aliphatic hydroxyl groups excluding tert-OH is 1. The molecule has 0 aliphatic carbocycles. The molecule has 0 aromatic rings. The molecule has 0 aliphatic rings. The highest BCUT2D eigenvalue weighted by molar-refractivity contribution is 7.81. The third-order valence-electron chi connectivity index (χ3n) is 1.90. The number of hydrogen-bond acceptors (Lipinski definition) is 6. The fourth-order valence-electron chi connectivity index (χ4n) is 0.987. The second-order valence-corrected chi connectivity index (χ2v) is 4.23. The SMILES string of the molecule is C=C(F)C(=O)OC(CC)C(F)(F)C(=O)OCC(F)(F)S.CO. The molecular weight excluding hydrogens is 339 g/mol. The Morgan fingerprint density at radius 1 is 1.27 bits per heavy atom. The molecule has 1 N–H and O–H groups in total. The smallest absolute Gasteiger partial charge is 0.381 e. The number of thiol groups is 1. The molecule has 0 amide bonds. The van der Waals surface area contributed by atoms with Crippen molar-refractivity contribution in [3.8, 4) is 0 Å². The van der Waals surface area contributed by atoms with E-state index in [9.17, 15) is 31.5 Å². The normalized spacial score (nSPS) is 12.6. The van der Waals surface area contributed by atoms with Crippen molar-refractivity contribution < 1.29 is 46.1 Å². The van der Waals surface area contributed by atoms with Crippen LogP contribution in [0, 0.1) is 0 Å². The second kappa shape index (κ2) is 9.62. The van der Waals surface area contributed by atoms with E-state index < -0.39 is 48.1 Å². The van der Waals surface area contributed by atoms with Crippen molar-refractivity contribution in [1.29, 1.82) is 0 Å². The van der Waals surface area contributed by atoms with Crippen LogP contribution < -0.4 is 0 Å². The number of aliphatic hydroxyl groups is 1. The van der Waals surface area contributed by atoms with Gasteiger partial charge < -0.3 is 14.6 Å². The fourth-order valence-corrected chi connectivity index (χ4v) is 1.05. The Morgan fingerprint density at radius 2 is 1.73 bits per heavy atom. The third-order valence-corrected chi connectivity index (χ3v) is 2.02. The van der Waals surface area contributed by atoms with Crippen molar-refractivity contribution in [1.82, 2.24) is 0 Å². The fraction of sp³-hybridized carbons (Fsp3) is 0.636. The summed E-state index contributed by atoms with van der Waals surface area (Å²) in [5, 5.41) is 3.21. The minimum atomic E-state index is -4.42. The molecule has 1 atom stereocenters. The molecule has 130 valence electrons. The molecule has 0 bridgehead atoms. The summed E-state index contributed by atoms with van der Waals surface area (Å²) in [5.41, 5.74) is 0. The Labute approximate surface area is 128 Å². The molecule has 0 saturated carbocycles. The van der Waals surface area contributed by atoms with Gasteiger partial charge in [-0.1, -0.05) is 13.5 Å². The topological polar surface area (TPSA) is 72.8 Å². The minimum Gasteiger partial charge on any atom is -0.454 e. The lowest BCUT2D eigenvalue weighted by molar-refractivity contribution is -0.200. The quantitative estimate of drug-likeness (QED) is 0.317. The van der Waals surface area contributed by atoms with E-state index in [4.69, 9.17) is 5.11 Å². The maximum absolute atomic E-state index is 13.5. The summed E-state index contributed by atoms with van der Waals surface area (Å²) in [6.45, 7) is 1.94. The predicted molar refractivity (Wildman–Crippen MR) is 68.4 cm³/mol. The van der Waals surface area contributed by atoms with Crippen LogP contribution in [-0.2, 0) is 19.1 Å². The van der Waals surface area contributed by atoms with Crippen molar-refractivity contribution in [2.45, 2.75) is 30.6 Å². The van der Waals surface area contributed by atoms with Gasteiger partial charge in [-0.3, -0.25) is 0 Å². The van der Waals surface area contributed by atoms with Gasteiger partial charge in [0.2, 0.25) is 5.83 Å². The first kappa shape index (κ1) is 22.9. The van der Waals surface area contributed by atoms with Crippen molar-refractivity contribution in [3.05, 3.63) is 12.4 Å². The van der Waals surface area contributed by atoms with Crippen LogP contribution in [0.2, 0.25) is 0 Å².